The van der Waals surface area contributed by atoms with Crippen LogP contribution in [0.25, 0.3) is 10.9 Å². The Bertz CT molecular complexity index is 1570. The number of piperidine rings is 3. The van der Waals surface area contributed by atoms with Gasteiger partial charge in [0.1, 0.15) is 0 Å². The Labute approximate surface area is 353 Å². The lowest BCUT2D eigenvalue weighted by Gasteiger charge is -2.37. The number of para-hydroxylation sites is 1. The molecule has 7 heteroatoms. The molecule has 3 aliphatic rings. The zero-order chi connectivity index (χ0) is 41.0. The fraction of sp³-hybridized carbons (Fsp3) is 0.608. The van der Waals surface area contributed by atoms with Crippen LogP contribution < -0.4 is 17.2 Å². The highest BCUT2D eigenvalue weighted by molar-refractivity contribution is 5.83. The van der Waals surface area contributed by atoms with Crippen molar-refractivity contribution in [3.8, 4) is 0 Å². The summed E-state index contributed by atoms with van der Waals surface area (Å²) < 4.78 is 0. The maximum absolute atomic E-state index is 6.32. The summed E-state index contributed by atoms with van der Waals surface area (Å²) >= 11 is 0. The van der Waals surface area contributed by atoms with Gasteiger partial charge < -0.3 is 27.1 Å². The van der Waals surface area contributed by atoms with Crippen molar-refractivity contribution < 1.29 is 0 Å². The minimum absolute atomic E-state index is 0.413. The van der Waals surface area contributed by atoms with Crippen molar-refractivity contribution in [1.29, 1.82) is 0 Å². The Hall–Kier alpha value is -3.04. The first-order valence-electron chi connectivity index (χ1n) is 23.4. The van der Waals surface area contributed by atoms with Gasteiger partial charge in [0, 0.05) is 74.5 Å². The molecule has 1 aromatic heterocycles. The fourth-order valence-electron chi connectivity index (χ4n) is 9.48. The quantitative estimate of drug-likeness (QED) is 0.0902. The van der Waals surface area contributed by atoms with Gasteiger partial charge in [-0.1, -0.05) is 138 Å². The van der Waals surface area contributed by atoms with Gasteiger partial charge in [0.2, 0.25) is 0 Å². The number of rotatable bonds is 16. The van der Waals surface area contributed by atoms with Crippen LogP contribution in [0.15, 0.2) is 91.1 Å². The summed E-state index contributed by atoms with van der Waals surface area (Å²) in [5.74, 6) is 2.08. The van der Waals surface area contributed by atoms with E-state index in [0.29, 0.717) is 35.9 Å². The Morgan fingerprint density at radius 1 is 0.534 bits per heavy atom. The molecule has 3 fully saturated rings. The van der Waals surface area contributed by atoms with E-state index in [1.54, 1.807) is 0 Å². The molecular weight excluding hydrogens is 711 g/mol. The molecule has 7 N–H and O–H groups in total. The minimum Gasteiger partial charge on any atom is -0.361 e. The van der Waals surface area contributed by atoms with Crippen LogP contribution in [-0.2, 0) is 19.5 Å². The van der Waals surface area contributed by atoms with Crippen LogP contribution in [0, 0.1) is 17.8 Å². The van der Waals surface area contributed by atoms with Gasteiger partial charge >= 0.3 is 0 Å². The smallest absolute Gasteiger partial charge is 0.0456 e. The molecule has 0 unspecified atom stereocenters. The molecule has 4 aromatic rings. The molecule has 0 bridgehead atoms. The summed E-state index contributed by atoms with van der Waals surface area (Å²) in [7, 11) is 0. The number of benzene rings is 3. The minimum atomic E-state index is 0.413. The summed E-state index contributed by atoms with van der Waals surface area (Å²) in [6.07, 6.45) is 18.4. The lowest BCUT2D eigenvalue weighted by atomic mass is 9.88. The zero-order valence-electron chi connectivity index (χ0n) is 36.8. The normalized spacial score (nSPS) is 24.4. The van der Waals surface area contributed by atoms with Gasteiger partial charge in [0.05, 0.1) is 0 Å². The average molecular weight is 792 g/mol. The summed E-state index contributed by atoms with van der Waals surface area (Å²) in [4.78, 5) is 11.1. The van der Waals surface area contributed by atoms with E-state index in [-0.39, 0.29) is 0 Å². The predicted octanol–water partition coefficient (Wildman–Crippen LogP) is 9.60. The monoisotopic (exact) mass is 792 g/mol. The maximum atomic E-state index is 6.32. The van der Waals surface area contributed by atoms with Gasteiger partial charge in [0.15, 0.2) is 0 Å². The van der Waals surface area contributed by atoms with Gasteiger partial charge in [-0.25, -0.2) is 0 Å². The molecule has 4 heterocycles. The second kappa shape index (κ2) is 25.6. The number of fused-ring (bicyclic) bond motifs is 1. The lowest BCUT2D eigenvalue weighted by molar-refractivity contribution is 0.141. The second-order valence-corrected chi connectivity index (χ2v) is 17.9. The van der Waals surface area contributed by atoms with E-state index in [1.165, 1.54) is 105 Å². The lowest BCUT2D eigenvalue weighted by Crippen LogP contribution is -2.47. The number of nitrogens with one attached hydrogen (secondary N) is 1. The SMILES string of the molecule is CCCC[C@@H]1CN(CCc2c[nH]c3ccccc23)CC[C@@H]1N.CCCC[C@@H]1CN(Cc2ccccc2)CC[C@@H]1N.CCCC[C@@H]1CN(Cc2ccccc2)CC[C@H]1N. The number of unbranched alkanes of at least 4 members (excludes halogenated alkanes) is 3. The van der Waals surface area contributed by atoms with Crippen molar-refractivity contribution >= 4 is 10.9 Å². The topological polar surface area (TPSA) is 104 Å². The number of H-pyrrole nitrogens is 1. The first kappa shape index (κ1) is 46.0. The van der Waals surface area contributed by atoms with E-state index < -0.39 is 0 Å². The highest BCUT2D eigenvalue weighted by Gasteiger charge is 2.28. The molecule has 3 aromatic carbocycles. The van der Waals surface area contributed by atoms with Crippen LogP contribution in [0.1, 0.15) is 115 Å². The third kappa shape index (κ3) is 15.2. The zero-order valence-corrected chi connectivity index (χ0v) is 36.8. The van der Waals surface area contributed by atoms with Crippen LogP contribution in [0.2, 0.25) is 0 Å². The molecule has 58 heavy (non-hydrogen) atoms. The van der Waals surface area contributed by atoms with Gasteiger partial charge in [-0.3, -0.25) is 9.80 Å². The molecule has 0 amide bonds. The Balaban J connectivity index is 0.000000167. The second-order valence-electron chi connectivity index (χ2n) is 17.9. The number of aromatic amines is 1. The third-order valence-corrected chi connectivity index (χ3v) is 13.3. The largest absolute Gasteiger partial charge is 0.361 e. The van der Waals surface area contributed by atoms with Crippen LogP contribution in [0.5, 0.6) is 0 Å². The summed E-state index contributed by atoms with van der Waals surface area (Å²) in [5.41, 5.74) is 24.3. The first-order chi connectivity index (χ1) is 28.4. The number of hydrogen-bond donors (Lipinski definition) is 4. The molecule has 320 valence electrons. The van der Waals surface area contributed by atoms with E-state index in [9.17, 15) is 0 Å². The first-order valence-corrected chi connectivity index (χ1v) is 23.4. The molecule has 0 saturated carbocycles. The molecule has 7 rings (SSSR count). The molecule has 7 nitrogen and oxygen atoms in total. The molecule has 0 spiro atoms. The van der Waals surface area contributed by atoms with Crippen molar-refractivity contribution in [2.75, 3.05) is 45.8 Å². The van der Waals surface area contributed by atoms with Crippen LogP contribution >= 0.6 is 0 Å². The third-order valence-electron chi connectivity index (χ3n) is 13.3. The van der Waals surface area contributed by atoms with Crippen molar-refractivity contribution in [2.24, 2.45) is 35.0 Å². The molecule has 0 radical (unpaired) electrons. The van der Waals surface area contributed by atoms with Crippen LogP contribution in [0.4, 0.5) is 0 Å². The van der Waals surface area contributed by atoms with Crippen molar-refractivity contribution in [1.82, 2.24) is 19.7 Å². The van der Waals surface area contributed by atoms with Gasteiger partial charge in [-0.05, 0) is 105 Å². The van der Waals surface area contributed by atoms with Gasteiger partial charge in [0.25, 0.3) is 0 Å². The number of nitrogens with two attached hydrogens (primary N) is 3. The highest BCUT2D eigenvalue weighted by Crippen LogP contribution is 2.25. The number of nitrogens with zero attached hydrogens (tertiary/aromatic N) is 3. The average Bonchev–Trinajstić information content (AvgIpc) is 3.67. The predicted molar refractivity (Wildman–Crippen MR) is 249 cm³/mol. The van der Waals surface area contributed by atoms with E-state index in [2.05, 4.69) is 132 Å². The van der Waals surface area contributed by atoms with Crippen molar-refractivity contribution in [3.05, 3.63) is 108 Å². The van der Waals surface area contributed by atoms with Crippen molar-refractivity contribution in [3.63, 3.8) is 0 Å². The molecule has 3 saturated heterocycles. The Kier molecular flexibility index (Phi) is 20.3. The summed E-state index contributed by atoms with van der Waals surface area (Å²) in [6.45, 7) is 17.1. The Morgan fingerprint density at radius 3 is 1.41 bits per heavy atom. The Morgan fingerprint density at radius 2 is 0.948 bits per heavy atom. The highest BCUT2D eigenvalue weighted by atomic mass is 15.1. The van der Waals surface area contributed by atoms with Gasteiger partial charge in [-0.2, -0.15) is 0 Å². The van der Waals surface area contributed by atoms with Crippen LogP contribution in [-0.4, -0.2) is 83.6 Å². The fourth-order valence-corrected chi connectivity index (χ4v) is 9.48. The van der Waals surface area contributed by atoms with E-state index in [4.69, 9.17) is 17.2 Å². The summed E-state index contributed by atoms with van der Waals surface area (Å²) in [5, 5.41) is 1.37. The number of aromatic nitrogens is 1. The maximum Gasteiger partial charge on any atom is 0.0456 e. The van der Waals surface area contributed by atoms with E-state index in [1.807, 2.05) is 0 Å². The van der Waals surface area contributed by atoms with Crippen molar-refractivity contribution in [2.45, 2.75) is 135 Å². The van der Waals surface area contributed by atoms with Gasteiger partial charge in [-0.15, -0.1) is 0 Å². The molecule has 3 aliphatic heterocycles. The molecule has 6 atom stereocenters. The van der Waals surface area contributed by atoms with E-state index in [0.717, 1.165) is 65.0 Å². The molecular formula is C51H81N7. The standard InChI is InChI=1S/C19H29N3.2C16H26N2/c1-2-3-6-16-14-22(12-10-18(16)20)11-9-15-13-21-19-8-5-4-7-17(15)19;2*1-2-3-9-15-13-18(11-10-16(15)17)12-14-7-5-4-6-8-14/h4-5,7-8,13,16,18,21H,2-3,6,9-12,14,20H2,1H3;2*4-8,15-16H,2-3,9-13,17H2,1H3/t16-,18+;15-,16+;15-,16-/m111/s1. The molecule has 0 aliphatic carbocycles. The summed E-state index contributed by atoms with van der Waals surface area (Å²) in [6, 6.07) is 31.4. The number of hydrogen-bond acceptors (Lipinski definition) is 6. The number of likely N-dealkylation sites (tertiary alicyclic amines) is 3. The van der Waals surface area contributed by atoms with Crippen LogP contribution in [0.3, 0.4) is 0 Å². The van der Waals surface area contributed by atoms with E-state index >= 15 is 0 Å².